The summed E-state index contributed by atoms with van der Waals surface area (Å²) in [6.07, 6.45) is 0. The Morgan fingerprint density at radius 3 is 2.95 bits per heavy atom. The highest BCUT2D eigenvalue weighted by molar-refractivity contribution is 7.13. The summed E-state index contributed by atoms with van der Waals surface area (Å²) in [4.78, 5) is 14.5. The molecule has 0 aliphatic rings. The van der Waals surface area contributed by atoms with Crippen molar-refractivity contribution in [3.8, 4) is 0 Å². The molecule has 2 rings (SSSR count). The van der Waals surface area contributed by atoms with Gasteiger partial charge in [0.25, 0.3) is 5.69 Å². The summed E-state index contributed by atoms with van der Waals surface area (Å²) in [5.74, 6) is 0. The van der Waals surface area contributed by atoms with Crippen molar-refractivity contribution in [2.75, 3.05) is 5.43 Å². The third-order valence-electron chi connectivity index (χ3n) is 2.41. The summed E-state index contributed by atoms with van der Waals surface area (Å²) in [5, 5.41) is 17.5. The van der Waals surface area contributed by atoms with Gasteiger partial charge in [-0.05, 0) is 13.8 Å². The maximum Gasteiger partial charge on any atom is 0.270 e. The number of hydrogen-bond donors (Lipinski definition) is 1. The van der Waals surface area contributed by atoms with Crippen molar-refractivity contribution in [1.82, 2.24) is 4.98 Å². The van der Waals surface area contributed by atoms with Crippen molar-refractivity contribution in [2.24, 2.45) is 5.10 Å². The van der Waals surface area contributed by atoms with Crippen LogP contribution < -0.4 is 5.43 Å². The van der Waals surface area contributed by atoms with Crippen molar-refractivity contribution in [3.05, 3.63) is 51.0 Å². The maximum atomic E-state index is 10.7. The molecule has 1 aromatic heterocycles. The number of anilines is 1. The molecule has 0 aliphatic heterocycles. The molecule has 0 amide bonds. The third-order valence-corrected chi connectivity index (χ3v) is 3.28. The minimum absolute atomic E-state index is 0.0529. The van der Waals surface area contributed by atoms with Gasteiger partial charge in [0.15, 0.2) is 0 Å². The van der Waals surface area contributed by atoms with Crippen LogP contribution in [0.1, 0.15) is 18.2 Å². The molecule has 0 fully saturated rings. The lowest BCUT2D eigenvalue weighted by Gasteiger charge is -2.01. The number of rotatable bonds is 4. The molecule has 19 heavy (non-hydrogen) atoms. The van der Waals surface area contributed by atoms with E-state index in [2.05, 4.69) is 15.5 Å². The van der Waals surface area contributed by atoms with Gasteiger partial charge in [0.1, 0.15) is 0 Å². The van der Waals surface area contributed by atoms with E-state index in [1.54, 1.807) is 19.1 Å². The Morgan fingerprint density at radius 1 is 1.53 bits per heavy atom. The Hall–Kier alpha value is -2.28. The predicted molar refractivity (Wildman–Crippen MR) is 75.8 cm³/mol. The number of non-ortho nitro benzene ring substituents is 1. The fourth-order valence-electron chi connectivity index (χ4n) is 1.45. The van der Waals surface area contributed by atoms with Crippen molar-refractivity contribution in [3.63, 3.8) is 0 Å². The summed E-state index contributed by atoms with van der Waals surface area (Å²) < 4.78 is 0. The molecule has 7 heteroatoms. The zero-order chi connectivity index (χ0) is 13.8. The number of hydrazone groups is 1. The minimum Gasteiger partial charge on any atom is -0.258 e. The predicted octanol–water partition coefficient (Wildman–Crippen LogP) is 3.20. The van der Waals surface area contributed by atoms with Crippen LogP contribution in [0.5, 0.6) is 0 Å². The second-order valence-corrected chi connectivity index (χ2v) is 4.77. The Kier molecular flexibility index (Phi) is 3.86. The van der Waals surface area contributed by atoms with Gasteiger partial charge in [-0.25, -0.2) is 4.98 Å². The first kappa shape index (κ1) is 13.2. The summed E-state index contributed by atoms with van der Waals surface area (Å²) >= 11 is 1.46. The van der Waals surface area contributed by atoms with Gasteiger partial charge in [-0.15, -0.1) is 11.3 Å². The molecule has 0 bridgehead atoms. The Labute approximate surface area is 114 Å². The highest BCUT2D eigenvalue weighted by Gasteiger charge is 2.07. The number of benzene rings is 1. The summed E-state index contributed by atoms with van der Waals surface area (Å²) in [6.45, 7) is 3.69. The highest BCUT2D eigenvalue weighted by atomic mass is 32.1. The van der Waals surface area contributed by atoms with Crippen molar-refractivity contribution < 1.29 is 4.92 Å². The molecule has 0 atom stereocenters. The SMILES string of the molecule is C/C(=N\Nc1nc(C)cs1)c1cccc([N+](=O)[O-])c1. The van der Waals surface area contributed by atoms with Gasteiger partial charge in [-0.1, -0.05) is 12.1 Å². The van der Waals surface area contributed by atoms with Gasteiger partial charge in [0.05, 0.1) is 16.3 Å². The topological polar surface area (TPSA) is 80.4 Å². The Morgan fingerprint density at radius 2 is 2.32 bits per heavy atom. The molecule has 1 heterocycles. The first-order valence-corrected chi connectivity index (χ1v) is 6.41. The van der Waals surface area contributed by atoms with E-state index in [9.17, 15) is 10.1 Å². The third kappa shape index (κ3) is 3.35. The number of thiazole rings is 1. The number of nitrogens with zero attached hydrogens (tertiary/aromatic N) is 3. The number of aromatic nitrogens is 1. The molecule has 0 radical (unpaired) electrons. The Balaban J connectivity index is 2.16. The molecule has 6 nitrogen and oxygen atoms in total. The molecule has 0 unspecified atom stereocenters. The first-order chi connectivity index (χ1) is 9.06. The summed E-state index contributed by atoms with van der Waals surface area (Å²) in [5.41, 5.74) is 5.18. The van der Waals surface area contributed by atoms with Crippen LogP contribution >= 0.6 is 11.3 Å². The van der Waals surface area contributed by atoms with Crippen LogP contribution in [0.2, 0.25) is 0 Å². The van der Waals surface area contributed by atoms with Crippen molar-refractivity contribution >= 4 is 27.9 Å². The number of hydrogen-bond acceptors (Lipinski definition) is 6. The van der Waals surface area contributed by atoms with E-state index in [0.29, 0.717) is 16.4 Å². The van der Waals surface area contributed by atoms with Gasteiger partial charge in [0, 0.05) is 23.1 Å². The fourth-order valence-corrected chi connectivity index (χ4v) is 2.08. The van der Waals surface area contributed by atoms with E-state index in [4.69, 9.17) is 0 Å². The van der Waals surface area contributed by atoms with Crippen molar-refractivity contribution in [1.29, 1.82) is 0 Å². The van der Waals surface area contributed by atoms with E-state index in [1.165, 1.54) is 23.5 Å². The van der Waals surface area contributed by atoms with E-state index in [1.807, 2.05) is 12.3 Å². The standard InChI is InChI=1S/C12H12N4O2S/c1-8-7-19-12(13-8)15-14-9(2)10-4-3-5-11(6-10)16(17)18/h3-7H,1-2H3,(H,13,15)/b14-9+. The van der Waals surface area contributed by atoms with Crippen LogP contribution in [-0.4, -0.2) is 15.6 Å². The summed E-state index contributed by atoms with van der Waals surface area (Å²) in [7, 11) is 0. The normalized spacial score (nSPS) is 11.4. The van der Waals surface area contributed by atoms with Gasteiger partial charge in [0.2, 0.25) is 5.13 Å². The van der Waals surface area contributed by atoms with Crippen LogP contribution in [0.4, 0.5) is 10.8 Å². The summed E-state index contributed by atoms with van der Waals surface area (Å²) in [6, 6.07) is 6.36. The lowest BCUT2D eigenvalue weighted by molar-refractivity contribution is -0.384. The number of nitro benzene ring substituents is 1. The van der Waals surface area contributed by atoms with Crippen LogP contribution in [0.15, 0.2) is 34.7 Å². The van der Waals surface area contributed by atoms with Gasteiger partial charge in [-0.3, -0.25) is 15.5 Å². The molecule has 1 N–H and O–H groups in total. The lowest BCUT2D eigenvalue weighted by atomic mass is 10.1. The number of aryl methyl sites for hydroxylation is 1. The molecule has 98 valence electrons. The highest BCUT2D eigenvalue weighted by Crippen LogP contribution is 2.16. The molecule has 0 aliphatic carbocycles. The van der Waals surface area contributed by atoms with E-state index in [-0.39, 0.29) is 5.69 Å². The van der Waals surface area contributed by atoms with Gasteiger partial charge < -0.3 is 0 Å². The smallest absolute Gasteiger partial charge is 0.258 e. The first-order valence-electron chi connectivity index (χ1n) is 5.53. The second kappa shape index (κ2) is 5.57. The van der Waals surface area contributed by atoms with E-state index in [0.717, 1.165) is 5.69 Å². The van der Waals surface area contributed by atoms with Gasteiger partial charge >= 0.3 is 0 Å². The molecular formula is C12H12N4O2S. The monoisotopic (exact) mass is 276 g/mol. The van der Waals surface area contributed by atoms with Crippen LogP contribution in [0, 0.1) is 17.0 Å². The van der Waals surface area contributed by atoms with Crippen LogP contribution in [0.3, 0.4) is 0 Å². The molecule has 1 aromatic carbocycles. The van der Waals surface area contributed by atoms with Gasteiger partial charge in [-0.2, -0.15) is 5.10 Å². The van der Waals surface area contributed by atoms with Crippen LogP contribution in [0.25, 0.3) is 0 Å². The zero-order valence-corrected chi connectivity index (χ0v) is 11.3. The quantitative estimate of drug-likeness (QED) is 0.528. The average Bonchev–Trinajstić information content (AvgIpc) is 2.82. The maximum absolute atomic E-state index is 10.7. The van der Waals surface area contributed by atoms with Crippen LogP contribution in [-0.2, 0) is 0 Å². The second-order valence-electron chi connectivity index (χ2n) is 3.91. The Bertz CT molecular complexity index is 636. The number of nitrogens with one attached hydrogen (secondary N) is 1. The molecular weight excluding hydrogens is 264 g/mol. The number of nitro groups is 1. The molecule has 2 aromatic rings. The largest absolute Gasteiger partial charge is 0.270 e. The fraction of sp³-hybridized carbons (Fsp3) is 0.167. The van der Waals surface area contributed by atoms with Crippen molar-refractivity contribution in [2.45, 2.75) is 13.8 Å². The lowest BCUT2D eigenvalue weighted by Crippen LogP contribution is -2.00. The van der Waals surface area contributed by atoms with E-state index >= 15 is 0 Å². The molecule has 0 saturated heterocycles. The molecule has 0 spiro atoms. The average molecular weight is 276 g/mol. The zero-order valence-electron chi connectivity index (χ0n) is 10.5. The minimum atomic E-state index is -0.422. The van der Waals surface area contributed by atoms with E-state index < -0.39 is 4.92 Å². The molecule has 0 saturated carbocycles.